The van der Waals surface area contributed by atoms with E-state index >= 15 is 0 Å². The molecule has 1 aromatic carbocycles. The molecule has 1 rings (SSSR count). The first-order valence-corrected chi connectivity index (χ1v) is 1.91. The van der Waals surface area contributed by atoms with Gasteiger partial charge in [0.15, 0.2) is 0 Å². The first kappa shape index (κ1) is 16.6. The predicted molar refractivity (Wildman–Crippen MR) is 25.3 cm³/mol. The fourth-order valence-corrected chi connectivity index (χ4v) is 0.342. The first-order chi connectivity index (χ1) is 3.00. The molecule has 0 saturated heterocycles. The van der Waals surface area contributed by atoms with Gasteiger partial charge in [0.2, 0.25) is 0 Å². The molecule has 0 bridgehead atoms. The van der Waals surface area contributed by atoms with Crippen LogP contribution in [0.1, 0.15) is 0 Å². The molecule has 0 amide bonds. The smallest absolute Gasteiger partial charge is 0 e. The van der Waals surface area contributed by atoms with Crippen LogP contribution in [-0.2, 0) is 0 Å². The molecule has 3 heteroatoms. The molecule has 49 valence electrons. The molecule has 0 aliphatic rings. The Morgan fingerprint density at radius 3 is 1.33 bits per heavy atom. The average Bonchev–Trinajstić information content (AvgIpc) is 1.72. The van der Waals surface area contributed by atoms with Gasteiger partial charge in [0, 0.05) is 41.7 Å². The second-order valence-electron chi connectivity index (χ2n) is 1.08. The van der Waals surface area contributed by atoms with Gasteiger partial charge in [-0.15, -0.1) is 0 Å². The second-order valence-corrected chi connectivity index (χ2v) is 1.08. The van der Waals surface area contributed by atoms with Crippen molar-refractivity contribution in [2.45, 2.75) is 0 Å². The predicted octanol–water partition coefficient (Wildman–Crippen LogP) is -4.51. The van der Waals surface area contributed by atoms with Crippen LogP contribution < -0.4 is 24.8 Å². The molecule has 1 radical (unpaired) electrons. The van der Waals surface area contributed by atoms with Gasteiger partial charge in [0.05, 0.1) is 0 Å². The second kappa shape index (κ2) is 11.9. The third-order valence-corrected chi connectivity index (χ3v) is 0.607. The minimum absolute atomic E-state index is 0. The van der Waals surface area contributed by atoms with Gasteiger partial charge in [-0.3, -0.25) is 0 Å². The zero-order valence-corrected chi connectivity index (χ0v) is 9.29. The van der Waals surface area contributed by atoms with Crippen LogP contribution >= 0.6 is 0 Å². The Hall–Kier alpha value is 1.18. The summed E-state index contributed by atoms with van der Waals surface area (Å²) in [5.74, 6) is 0. The monoisotopic (exact) mass is 287 g/mol. The SMILES string of the molecule is [Ce].[Cl-].[Cl-].[c]1ccccc1. The van der Waals surface area contributed by atoms with Crippen molar-refractivity contribution in [1.29, 1.82) is 0 Å². The molecule has 0 aliphatic carbocycles. The Morgan fingerprint density at radius 2 is 1.22 bits per heavy atom. The standard InChI is InChI=1S/C6H5.Ce.2ClH/c1-2-4-6-5-3-1;;;/h1-5H;;2*1H/p-2. The van der Waals surface area contributed by atoms with Crippen molar-refractivity contribution in [2.24, 2.45) is 0 Å². The summed E-state index contributed by atoms with van der Waals surface area (Å²) >= 11 is 0. The Kier molecular flexibility index (Phi) is 22.0. The fourth-order valence-electron chi connectivity index (χ4n) is 0.342. The maximum Gasteiger partial charge on any atom is 0 e. The van der Waals surface area contributed by atoms with Crippen LogP contribution in [0.2, 0.25) is 0 Å². The van der Waals surface area contributed by atoms with E-state index in [1.165, 1.54) is 0 Å². The van der Waals surface area contributed by atoms with E-state index in [9.17, 15) is 0 Å². The van der Waals surface area contributed by atoms with Gasteiger partial charge in [-0.05, 0) is 6.07 Å². The molecule has 0 saturated carbocycles. The van der Waals surface area contributed by atoms with Crippen molar-refractivity contribution in [2.75, 3.05) is 0 Å². The van der Waals surface area contributed by atoms with Crippen LogP contribution in [0.3, 0.4) is 0 Å². The van der Waals surface area contributed by atoms with E-state index in [2.05, 4.69) is 6.07 Å². The maximum absolute atomic E-state index is 2.89. The zero-order chi connectivity index (χ0) is 4.24. The van der Waals surface area contributed by atoms with Crippen LogP contribution in [0, 0.1) is 47.8 Å². The van der Waals surface area contributed by atoms with E-state index in [1.807, 2.05) is 30.3 Å². The molecule has 0 aliphatic heterocycles. The number of hydrogen-bond donors (Lipinski definition) is 0. The molecule has 0 heterocycles. The molecular weight excluding hydrogens is 283 g/mol. The van der Waals surface area contributed by atoms with E-state index in [4.69, 9.17) is 0 Å². The van der Waals surface area contributed by atoms with Crippen molar-refractivity contribution in [3.63, 3.8) is 0 Å². The van der Waals surface area contributed by atoms with Crippen molar-refractivity contribution in [3.05, 3.63) is 36.4 Å². The van der Waals surface area contributed by atoms with Crippen LogP contribution in [0.5, 0.6) is 0 Å². The third kappa shape index (κ3) is 9.18. The summed E-state index contributed by atoms with van der Waals surface area (Å²) in [6, 6.07) is 12.5. The Bertz CT molecular complexity index is 83.0. The molecular formula is C6H5CeCl2-2. The molecule has 1 aromatic rings. The van der Waals surface area contributed by atoms with Crippen LogP contribution in [-0.4, -0.2) is 0 Å². The van der Waals surface area contributed by atoms with Gasteiger partial charge in [-0.25, -0.2) is 0 Å². The minimum atomic E-state index is 0. The van der Waals surface area contributed by atoms with Gasteiger partial charge in [0.1, 0.15) is 0 Å². The average molecular weight is 288 g/mol. The molecule has 0 nitrogen and oxygen atoms in total. The van der Waals surface area contributed by atoms with Crippen molar-refractivity contribution >= 4 is 0 Å². The topological polar surface area (TPSA) is 0 Å². The zero-order valence-electron chi connectivity index (χ0n) is 4.64. The largest absolute Gasteiger partial charge is 1.00 e. The number of hydrogen-bond acceptors (Lipinski definition) is 0. The summed E-state index contributed by atoms with van der Waals surface area (Å²) in [4.78, 5) is 0. The van der Waals surface area contributed by atoms with Gasteiger partial charge in [-0.1, -0.05) is 30.3 Å². The van der Waals surface area contributed by atoms with Crippen molar-refractivity contribution < 1.29 is 66.6 Å². The minimum Gasteiger partial charge on any atom is -1.00 e. The molecule has 9 heavy (non-hydrogen) atoms. The van der Waals surface area contributed by atoms with Crippen molar-refractivity contribution in [3.8, 4) is 0 Å². The summed E-state index contributed by atoms with van der Waals surface area (Å²) in [7, 11) is 0. The Balaban J connectivity index is -0.000000120. The molecule has 0 spiro atoms. The van der Waals surface area contributed by atoms with E-state index in [-0.39, 0.29) is 66.6 Å². The summed E-state index contributed by atoms with van der Waals surface area (Å²) < 4.78 is 0. The fraction of sp³-hybridized carbons (Fsp3) is 0. The quantitative estimate of drug-likeness (QED) is 0.451. The molecule has 0 unspecified atom stereocenters. The summed E-state index contributed by atoms with van der Waals surface area (Å²) in [5, 5.41) is 0. The van der Waals surface area contributed by atoms with Crippen LogP contribution in [0.25, 0.3) is 0 Å². The van der Waals surface area contributed by atoms with E-state index in [0.29, 0.717) is 0 Å². The molecule has 0 N–H and O–H groups in total. The molecule has 0 fully saturated rings. The van der Waals surface area contributed by atoms with E-state index < -0.39 is 0 Å². The number of halogens is 2. The van der Waals surface area contributed by atoms with Crippen LogP contribution in [0.15, 0.2) is 30.3 Å². The molecule has 0 aromatic heterocycles. The maximum atomic E-state index is 2.89. The van der Waals surface area contributed by atoms with Crippen LogP contribution in [0.4, 0.5) is 0 Å². The summed E-state index contributed by atoms with van der Waals surface area (Å²) in [5.41, 5.74) is 0. The van der Waals surface area contributed by atoms with E-state index in [0.717, 1.165) is 0 Å². The van der Waals surface area contributed by atoms with Gasteiger partial charge in [-0.2, -0.15) is 0 Å². The van der Waals surface area contributed by atoms with E-state index in [1.54, 1.807) is 0 Å². The third-order valence-electron chi connectivity index (χ3n) is 0.607. The summed E-state index contributed by atoms with van der Waals surface area (Å²) in [6.07, 6.45) is 0. The van der Waals surface area contributed by atoms with Gasteiger partial charge >= 0.3 is 0 Å². The Labute approximate surface area is 102 Å². The van der Waals surface area contributed by atoms with Crippen molar-refractivity contribution in [1.82, 2.24) is 0 Å². The van der Waals surface area contributed by atoms with Gasteiger partial charge in [0.25, 0.3) is 0 Å². The van der Waals surface area contributed by atoms with Gasteiger partial charge < -0.3 is 24.8 Å². The number of rotatable bonds is 0. The first-order valence-electron chi connectivity index (χ1n) is 1.91. The number of benzene rings is 1. The molecule has 0 atom stereocenters. The Morgan fingerprint density at radius 1 is 0.778 bits per heavy atom. The summed E-state index contributed by atoms with van der Waals surface area (Å²) in [6.45, 7) is 0. The normalized spacial score (nSPS) is 5.33.